The summed E-state index contributed by atoms with van der Waals surface area (Å²) in [5.74, 6) is -0.568. The molecule has 1 amide bonds. The lowest BCUT2D eigenvalue weighted by atomic mass is 10.2. The third kappa shape index (κ3) is 4.59. The molecule has 132 valence electrons. The van der Waals surface area contributed by atoms with Crippen molar-refractivity contribution in [1.29, 1.82) is 0 Å². The molecule has 8 heteroatoms. The number of carbonyl (C=O) groups is 1. The van der Waals surface area contributed by atoms with E-state index in [1.54, 1.807) is 22.9 Å². The molecule has 3 aromatic rings. The number of hydrogen-bond donors (Lipinski definition) is 1. The maximum atomic E-state index is 13.1. The van der Waals surface area contributed by atoms with Gasteiger partial charge in [-0.05, 0) is 63.6 Å². The number of amides is 1. The summed E-state index contributed by atoms with van der Waals surface area (Å²) < 4.78 is 15.3. The van der Waals surface area contributed by atoms with Gasteiger partial charge >= 0.3 is 0 Å². The Morgan fingerprint density at radius 1 is 1.27 bits per heavy atom. The van der Waals surface area contributed by atoms with Crippen LogP contribution >= 0.6 is 27.7 Å². The Balaban J connectivity index is 1.86. The van der Waals surface area contributed by atoms with Crippen LogP contribution in [-0.4, -0.2) is 20.7 Å². The number of halogens is 2. The van der Waals surface area contributed by atoms with Gasteiger partial charge in [-0.3, -0.25) is 4.79 Å². The minimum absolute atomic E-state index is 0.282. The molecule has 0 bridgehead atoms. The molecule has 3 rings (SSSR count). The van der Waals surface area contributed by atoms with Gasteiger partial charge in [-0.2, -0.15) is 4.98 Å². The van der Waals surface area contributed by atoms with E-state index in [1.165, 1.54) is 30.0 Å². The predicted molar refractivity (Wildman–Crippen MR) is 103 cm³/mol. The maximum Gasteiger partial charge on any atom is 0.247 e. The number of nitrogens with one attached hydrogen (secondary N) is 1. The number of benzene rings is 2. The second-order valence-electron chi connectivity index (χ2n) is 5.24. The molecule has 1 heterocycles. The molecule has 2 aromatic carbocycles. The van der Waals surface area contributed by atoms with E-state index in [2.05, 4.69) is 37.9 Å². The number of para-hydroxylation sites is 1. The lowest BCUT2D eigenvalue weighted by Crippen LogP contribution is -2.08. The Bertz CT molecular complexity index is 943. The largest absolute Gasteiger partial charge is 0.321 e. The number of aromatic nitrogens is 3. The van der Waals surface area contributed by atoms with E-state index in [0.717, 1.165) is 10.5 Å². The molecule has 0 aliphatic carbocycles. The van der Waals surface area contributed by atoms with Gasteiger partial charge in [-0.15, -0.1) is 5.10 Å². The van der Waals surface area contributed by atoms with Gasteiger partial charge in [0.05, 0.1) is 12.2 Å². The summed E-state index contributed by atoms with van der Waals surface area (Å²) in [4.78, 5) is 16.8. The summed E-state index contributed by atoms with van der Waals surface area (Å²) in [5.41, 5.74) is 1.56. The molecule has 0 saturated carbocycles. The van der Waals surface area contributed by atoms with Gasteiger partial charge < -0.3 is 5.32 Å². The standard InChI is InChI=1S/C18H14BrFN4OS/c1-2-16(25)21-14-5-3-4-6-15(14)26-18-22-17(19)23-24(18)11-12-7-9-13(20)10-8-12/h2-10H,1,11H2,(H,21,25). The fourth-order valence-corrected chi connectivity index (χ4v) is 3.58. The van der Waals surface area contributed by atoms with Crippen molar-refractivity contribution in [3.05, 3.63) is 77.3 Å². The Labute approximate surface area is 162 Å². The summed E-state index contributed by atoms with van der Waals surface area (Å²) in [6, 6.07) is 13.6. The molecule has 1 aromatic heterocycles. The number of carbonyl (C=O) groups excluding carboxylic acids is 1. The molecule has 0 aliphatic heterocycles. The second kappa shape index (κ2) is 8.29. The highest BCUT2D eigenvalue weighted by Gasteiger charge is 2.13. The van der Waals surface area contributed by atoms with Crippen molar-refractivity contribution < 1.29 is 9.18 Å². The monoisotopic (exact) mass is 432 g/mol. The van der Waals surface area contributed by atoms with Crippen LogP contribution in [0.2, 0.25) is 0 Å². The summed E-state index contributed by atoms with van der Waals surface area (Å²) in [7, 11) is 0. The van der Waals surface area contributed by atoms with E-state index in [1.807, 2.05) is 18.2 Å². The Morgan fingerprint density at radius 2 is 2.00 bits per heavy atom. The molecule has 1 N–H and O–H groups in total. The van der Waals surface area contributed by atoms with Crippen molar-refractivity contribution in [2.45, 2.75) is 16.6 Å². The zero-order valence-corrected chi connectivity index (χ0v) is 15.9. The first kappa shape index (κ1) is 18.3. The molecule has 0 unspecified atom stereocenters. The number of anilines is 1. The summed E-state index contributed by atoms with van der Waals surface area (Å²) in [5, 5.41) is 7.75. The lowest BCUT2D eigenvalue weighted by molar-refractivity contribution is -0.111. The van der Waals surface area contributed by atoms with Crippen LogP contribution in [0.15, 0.2) is 76.0 Å². The normalized spacial score (nSPS) is 10.5. The first-order valence-electron chi connectivity index (χ1n) is 7.60. The summed E-state index contributed by atoms with van der Waals surface area (Å²) in [6.07, 6.45) is 1.22. The fourth-order valence-electron chi connectivity index (χ4n) is 2.18. The Morgan fingerprint density at radius 3 is 2.73 bits per heavy atom. The van der Waals surface area contributed by atoms with E-state index in [-0.39, 0.29) is 11.7 Å². The first-order valence-corrected chi connectivity index (χ1v) is 9.21. The summed E-state index contributed by atoms with van der Waals surface area (Å²) in [6.45, 7) is 3.91. The van der Waals surface area contributed by atoms with Crippen LogP contribution in [0.4, 0.5) is 10.1 Å². The van der Waals surface area contributed by atoms with Gasteiger partial charge in [0.15, 0.2) is 5.16 Å². The second-order valence-corrected chi connectivity index (χ2v) is 6.96. The van der Waals surface area contributed by atoms with Gasteiger partial charge in [0.2, 0.25) is 10.6 Å². The molecular formula is C18H14BrFN4OS. The number of hydrogen-bond acceptors (Lipinski definition) is 4. The molecule has 26 heavy (non-hydrogen) atoms. The molecule has 5 nitrogen and oxygen atoms in total. The van der Waals surface area contributed by atoms with Crippen molar-refractivity contribution in [1.82, 2.24) is 14.8 Å². The van der Waals surface area contributed by atoms with Crippen LogP contribution in [0.3, 0.4) is 0 Å². The minimum Gasteiger partial charge on any atom is -0.321 e. The van der Waals surface area contributed by atoms with Gasteiger partial charge in [-0.1, -0.05) is 30.8 Å². The van der Waals surface area contributed by atoms with Crippen LogP contribution in [0, 0.1) is 5.82 Å². The highest BCUT2D eigenvalue weighted by Crippen LogP contribution is 2.33. The number of nitrogens with zero attached hydrogens (tertiary/aromatic N) is 3. The third-order valence-corrected chi connectivity index (χ3v) is 4.79. The topological polar surface area (TPSA) is 59.8 Å². The molecular weight excluding hydrogens is 419 g/mol. The minimum atomic E-state index is -0.285. The van der Waals surface area contributed by atoms with Crippen molar-refractivity contribution in [3.63, 3.8) is 0 Å². The van der Waals surface area contributed by atoms with Crippen molar-refractivity contribution in [2.75, 3.05) is 5.32 Å². The Hall–Kier alpha value is -2.45. The quantitative estimate of drug-likeness (QED) is 0.582. The lowest BCUT2D eigenvalue weighted by Gasteiger charge is -2.10. The van der Waals surface area contributed by atoms with Gasteiger partial charge in [0, 0.05) is 4.90 Å². The predicted octanol–water partition coefficient (Wildman–Crippen LogP) is 4.50. The Kier molecular flexibility index (Phi) is 5.85. The first-order chi connectivity index (χ1) is 12.5. The van der Waals surface area contributed by atoms with Crippen molar-refractivity contribution in [2.24, 2.45) is 0 Å². The average molecular weight is 433 g/mol. The van der Waals surface area contributed by atoms with E-state index >= 15 is 0 Å². The average Bonchev–Trinajstić information content (AvgIpc) is 2.97. The van der Waals surface area contributed by atoms with E-state index in [0.29, 0.717) is 22.1 Å². The SMILES string of the molecule is C=CC(=O)Nc1ccccc1Sc1nc(Br)nn1Cc1ccc(F)cc1. The van der Waals surface area contributed by atoms with E-state index < -0.39 is 0 Å². The van der Waals surface area contributed by atoms with Crippen molar-refractivity contribution >= 4 is 39.3 Å². The molecule has 0 spiro atoms. The third-order valence-electron chi connectivity index (χ3n) is 3.39. The highest BCUT2D eigenvalue weighted by atomic mass is 79.9. The zero-order chi connectivity index (χ0) is 18.5. The number of rotatable bonds is 6. The van der Waals surface area contributed by atoms with Gasteiger partial charge in [0.25, 0.3) is 0 Å². The molecule has 0 atom stereocenters. The van der Waals surface area contributed by atoms with Crippen LogP contribution < -0.4 is 5.32 Å². The maximum absolute atomic E-state index is 13.1. The molecule has 0 radical (unpaired) electrons. The zero-order valence-electron chi connectivity index (χ0n) is 13.5. The van der Waals surface area contributed by atoms with Crippen LogP contribution in [-0.2, 0) is 11.3 Å². The molecule has 0 fully saturated rings. The van der Waals surface area contributed by atoms with Crippen LogP contribution in [0.1, 0.15) is 5.56 Å². The molecule has 0 aliphatic rings. The van der Waals surface area contributed by atoms with Gasteiger partial charge in [-0.25, -0.2) is 9.07 Å². The van der Waals surface area contributed by atoms with Crippen LogP contribution in [0.5, 0.6) is 0 Å². The highest BCUT2D eigenvalue weighted by molar-refractivity contribution is 9.10. The van der Waals surface area contributed by atoms with E-state index in [4.69, 9.17) is 0 Å². The van der Waals surface area contributed by atoms with Gasteiger partial charge in [0.1, 0.15) is 5.82 Å². The van der Waals surface area contributed by atoms with E-state index in [9.17, 15) is 9.18 Å². The van der Waals surface area contributed by atoms with Crippen LogP contribution in [0.25, 0.3) is 0 Å². The fraction of sp³-hybridized carbons (Fsp3) is 0.0556. The smallest absolute Gasteiger partial charge is 0.247 e. The summed E-state index contributed by atoms with van der Waals surface area (Å²) >= 11 is 4.66. The van der Waals surface area contributed by atoms with Crippen molar-refractivity contribution in [3.8, 4) is 0 Å². The molecule has 0 saturated heterocycles.